The lowest BCUT2D eigenvalue weighted by atomic mass is 10.2. The van der Waals surface area contributed by atoms with Crippen molar-refractivity contribution in [3.63, 3.8) is 0 Å². The molecule has 0 bridgehead atoms. The normalized spacial score (nSPS) is 12.3. The third kappa shape index (κ3) is 4.90. The number of hydrogen-bond donors (Lipinski definition) is 0. The fraction of sp³-hybridized carbons (Fsp3) is 0.286. The van der Waals surface area contributed by atoms with Crippen molar-refractivity contribution in [2.75, 3.05) is 13.7 Å². The first-order valence-corrected chi connectivity index (χ1v) is 11.9. The van der Waals surface area contributed by atoms with E-state index >= 15 is 0 Å². The predicted octanol–water partition coefficient (Wildman–Crippen LogP) is 2.73. The summed E-state index contributed by atoms with van der Waals surface area (Å²) in [5.41, 5.74) is 0.863. The molecular weight excluding hydrogens is 454 g/mol. The van der Waals surface area contributed by atoms with E-state index in [1.165, 1.54) is 41.9 Å². The van der Waals surface area contributed by atoms with Crippen LogP contribution in [0.15, 0.2) is 57.0 Å². The number of nitrogens with zero attached hydrogens (tertiary/aromatic N) is 3. The molecule has 0 aliphatic carbocycles. The van der Waals surface area contributed by atoms with Gasteiger partial charge in [-0.1, -0.05) is 11.3 Å². The van der Waals surface area contributed by atoms with Crippen molar-refractivity contribution in [1.29, 1.82) is 0 Å². The monoisotopic (exact) mass is 477 g/mol. The van der Waals surface area contributed by atoms with Crippen LogP contribution in [-0.4, -0.2) is 42.8 Å². The molecule has 170 valence electrons. The fourth-order valence-electron chi connectivity index (χ4n) is 2.82. The largest absolute Gasteiger partial charge is 0.468 e. The molecule has 0 N–H and O–H groups in total. The number of aromatic nitrogens is 1. The first-order chi connectivity index (χ1) is 15.1. The molecule has 3 rings (SSSR count). The number of thiazole rings is 1. The highest BCUT2D eigenvalue weighted by Gasteiger charge is 2.22. The average molecular weight is 478 g/mol. The Bertz CT molecular complexity index is 1290. The zero-order valence-corrected chi connectivity index (χ0v) is 19.7. The standard InChI is InChI=1S/C21H23N3O6S2/c1-5-29-20(26)18-14(2)24(4)21(31-18)22-19(25)15-8-10-17(11-9-15)32(27,28)23(3)13-16-7-6-12-30-16/h6-12H,5,13H2,1-4H3. The minimum atomic E-state index is -3.76. The maximum atomic E-state index is 12.8. The number of carbonyl (C=O) groups excluding carboxylic acids is 2. The van der Waals surface area contributed by atoms with Crippen LogP contribution >= 0.6 is 11.3 Å². The highest BCUT2D eigenvalue weighted by molar-refractivity contribution is 7.89. The highest BCUT2D eigenvalue weighted by atomic mass is 32.2. The molecule has 32 heavy (non-hydrogen) atoms. The summed E-state index contributed by atoms with van der Waals surface area (Å²) >= 11 is 1.06. The summed E-state index contributed by atoms with van der Waals surface area (Å²) < 4.78 is 38.6. The molecular formula is C21H23N3O6S2. The number of rotatable bonds is 7. The van der Waals surface area contributed by atoms with Crippen LogP contribution in [0.3, 0.4) is 0 Å². The number of sulfonamides is 1. The lowest BCUT2D eigenvalue weighted by Gasteiger charge is -2.16. The van der Waals surface area contributed by atoms with Crippen LogP contribution < -0.4 is 4.80 Å². The van der Waals surface area contributed by atoms with Gasteiger partial charge >= 0.3 is 5.97 Å². The Labute approximate surface area is 189 Å². The van der Waals surface area contributed by atoms with Crippen LogP contribution in [0.1, 0.15) is 38.4 Å². The Morgan fingerprint density at radius 1 is 1.22 bits per heavy atom. The molecule has 11 heteroatoms. The molecule has 0 radical (unpaired) electrons. The number of benzene rings is 1. The highest BCUT2D eigenvalue weighted by Crippen LogP contribution is 2.18. The molecule has 0 saturated heterocycles. The van der Waals surface area contributed by atoms with Crippen LogP contribution in [0, 0.1) is 6.92 Å². The second-order valence-corrected chi connectivity index (χ2v) is 9.88. The number of amides is 1. The van der Waals surface area contributed by atoms with Gasteiger partial charge in [0.25, 0.3) is 5.91 Å². The number of hydrogen-bond acceptors (Lipinski definition) is 7. The van der Waals surface area contributed by atoms with Gasteiger partial charge in [0, 0.05) is 25.4 Å². The minimum Gasteiger partial charge on any atom is -0.468 e. The van der Waals surface area contributed by atoms with Crippen molar-refractivity contribution in [1.82, 2.24) is 8.87 Å². The van der Waals surface area contributed by atoms with Crippen molar-refractivity contribution in [2.24, 2.45) is 12.0 Å². The van der Waals surface area contributed by atoms with E-state index in [1.54, 1.807) is 37.6 Å². The molecule has 2 aromatic heterocycles. The first-order valence-electron chi connectivity index (χ1n) is 9.66. The summed E-state index contributed by atoms with van der Waals surface area (Å²) in [7, 11) is -0.612. The molecule has 0 fully saturated rings. The van der Waals surface area contributed by atoms with Crippen molar-refractivity contribution < 1.29 is 27.2 Å². The van der Waals surface area contributed by atoms with Gasteiger partial charge in [0.15, 0.2) is 4.80 Å². The molecule has 9 nitrogen and oxygen atoms in total. The molecule has 0 aliphatic rings. The smallest absolute Gasteiger partial charge is 0.350 e. The van der Waals surface area contributed by atoms with Crippen molar-refractivity contribution in [3.05, 3.63) is 69.4 Å². The number of ether oxygens (including phenoxy) is 1. The van der Waals surface area contributed by atoms with Gasteiger partial charge < -0.3 is 13.7 Å². The Balaban J connectivity index is 1.82. The third-order valence-corrected chi connectivity index (χ3v) is 7.77. The summed E-state index contributed by atoms with van der Waals surface area (Å²) in [6.07, 6.45) is 1.48. The van der Waals surface area contributed by atoms with E-state index in [0.717, 1.165) is 11.3 Å². The second-order valence-electron chi connectivity index (χ2n) is 6.86. The van der Waals surface area contributed by atoms with E-state index in [-0.39, 0.29) is 23.6 Å². The Morgan fingerprint density at radius 2 is 1.91 bits per heavy atom. The van der Waals surface area contributed by atoms with Crippen LogP contribution in [0.4, 0.5) is 0 Å². The number of furan rings is 1. The van der Waals surface area contributed by atoms with Gasteiger partial charge in [0.05, 0.1) is 24.3 Å². The molecule has 0 unspecified atom stereocenters. The third-order valence-electron chi connectivity index (χ3n) is 4.74. The summed E-state index contributed by atoms with van der Waals surface area (Å²) in [5.74, 6) is -0.499. The Hall–Kier alpha value is -3.02. The van der Waals surface area contributed by atoms with E-state index in [0.29, 0.717) is 21.1 Å². The SMILES string of the molecule is CCOC(=O)c1sc(=NC(=O)c2ccc(S(=O)(=O)N(C)Cc3ccco3)cc2)n(C)c1C. The molecule has 3 aromatic rings. The Kier molecular flexibility index (Phi) is 7.12. The summed E-state index contributed by atoms with van der Waals surface area (Å²) in [5, 5.41) is 0. The van der Waals surface area contributed by atoms with E-state index in [1.807, 2.05) is 0 Å². The van der Waals surface area contributed by atoms with Crippen LogP contribution in [0.5, 0.6) is 0 Å². The zero-order valence-electron chi connectivity index (χ0n) is 18.1. The molecule has 0 spiro atoms. The van der Waals surface area contributed by atoms with Crippen molar-refractivity contribution in [3.8, 4) is 0 Å². The molecule has 2 heterocycles. The zero-order chi connectivity index (χ0) is 23.5. The molecule has 1 amide bonds. The maximum Gasteiger partial charge on any atom is 0.350 e. The number of carbonyl (C=O) groups is 2. The summed E-state index contributed by atoms with van der Waals surface area (Å²) in [6, 6.07) is 8.92. The summed E-state index contributed by atoms with van der Waals surface area (Å²) in [6.45, 7) is 3.79. The minimum absolute atomic E-state index is 0.0465. The quantitative estimate of drug-likeness (QED) is 0.484. The second kappa shape index (κ2) is 9.63. The van der Waals surface area contributed by atoms with Gasteiger partial charge in [-0.25, -0.2) is 13.2 Å². The van der Waals surface area contributed by atoms with Crippen LogP contribution in [0.2, 0.25) is 0 Å². The van der Waals surface area contributed by atoms with E-state index in [4.69, 9.17) is 9.15 Å². The van der Waals surface area contributed by atoms with Crippen LogP contribution in [-0.2, 0) is 28.4 Å². The van der Waals surface area contributed by atoms with Crippen molar-refractivity contribution in [2.45, 2.75) is 25.3 Å². The Morgan fingerprint density at radius 3 is 2.50 bits per heavy atom. The molecule has 0 aliphatic heterocycles. The fourth-order valence-corrected chi connectivity index (χ4v) is 4.97. The van der Waals surface area contributed by atoms with Gasteiger partial charge in [0.2, 0.25) is 10.0 Å². The lowest BCUT2D eigenvalue weighted by Crippen LogP contribution is -2.26. The molecule has 0 saturated carbocycles. The topological polar surface area (TPSA) is 111 Å². The average Bonchev–Trinajstić information content (AvgIpc) is 3.37. The maximum absolute atomic E-state index is 12.8. The summed E-state index contributed by atoms with van der Waals surface area (Å²) in [4.78, 5) is 29.5. The van der Waals surface area contributed by atoms with Gasteiger partial charge in [-0.2, -0.15) is 9.30 Å². The van der Waals surface area contributed by atoms with Gasteiger partial charge in [-0.05, 0) is 50.2 Å². The van der Waals surface area contributed by atoms with Gasteiger partial charge in [-0.15, -0.1) is 0 Å². The van der Waals surface area contributed by atoms with E-state index in [2.05, 4.69) is 4.99 Å². The number of esters is 1. The van der Waals surface area contributed by atoms with Crippen LogP contribution in [0.25, 0.3) is 0 Å². The van der Waals surface area contributed by atoms with E-state index < -0.39 is 21.9 Å². The molecule has 1 aromatic carbocycles. The van der Waals surface area contributed by atoms with E-state index in [9.17, 15) is 18.0 Å². The van der Waals surface area contributed by atoms with Crippen molar-refractivity contribution >= 4 is 33.2 Å². The van der Waals surface area contributed by atoms with Gasteiger partial charge in [-0.3, -0.25) is 4.79 Å². The predicted molar refractivity (Wildman–Crippen MR) is 118 cm³/mol. The van der Waals surface area contributed by atoms with Gasteiger partial charge in [0.1, 0.15) is 10.6 Å². The first kappa shape index (κ1) is 23.6. The molecule has 0 atom stereocenters. The lowest BCUT2D eigenvalue weighted by molar-refractivity contribution is 0.0530.